The highest BCUT2D eigenvalue weighted by Crippen LogP contribution is 2.25. The summed E-state index contributed by atoms with van der Waals surface area (Å²) in [6.45, 7) is 4.95. The summed E-state index contributed by atoms with van der Waals surface area (Å²) < 4.78 is 5.49. The van der Waals surface area contributed by atoms with Crippen molar-refractivity contribution in [2.45, 2.75) is 19.9 Å². The zero-order valence-electron chi connectivity index (χ0n) is 20.3. The molecule has 8 heteroatoms. The third-order valence-corrected chi connectivity index (χ3v) is 5.55. The van der Waals surface area contributed by atoms with Gasteiger partial charge in [-0.05, 0) is 67.4 Å². The Hall–Kier alpha value is -4.09. The fourth-order valence-electron chi connectivity index (χ4n) is 3.64. The van der Waals surface area contributed by atoms with Crippen molar-refractivity contribution in [2.75, 3.05) is 54.2 Å². The number of nitriles is 1. The van der Waals surface area contributed by atoms with Gasteiger partial charge in [0.2, 0.25) is 5.91 Å². The van der Waals surface area contributed by atoms with Crippen LogP contribution in [0.2, 0.25) is 0 Å². The Morgan fingerprint density at radius 2 is 1.97 bits per heavy atom. The zero-order valence-corrected chi connectivity index (χ0v) is 20.3. The third-order valence-electron chi connectivity index (χ3n) is 5.55. The maximum atomic E-state index is 12.7. The third kappa shape index (κ3) is 7.45. The van der Waals surface area contributed by atoms with Gasteiger partial charge in [0.1, 0.15) is 5.82 Å². The minimum atomic E-state index is -0.125. The van der Waals surface area contributed by atoms with Gasteiger partial charge >= 0.3 is 0 Å². The lowest BCUT2D eigenvalue weighted by atomic mass is 10.1. The molecule has 1 heterocycles. The van der Waals surface area contributed by atoms with Crippen LogP contribution in [0, 0.1) is 11.3 Å². The molecule has 182 valence electrons. The summed E-state index contributed by atoms with van der Waals surface area (Å²) in [4.78, 5) is 21.0. The number of anilines is 4. The summed E-state index contributed by atoms with van der Waals surface area (Å²) in [5, 5.41) is 12.0. The Balaban J connectivity index is 1.64. The molecule has 0 aliphatic carbocycles. The average molecular weight is 473 g/mol. The fraction of sp³-hybridized carbons (Fsp3) is 0.296. The van der Waals surface area contributed by atoms with E-state index in [-0.39, 0.29) is 12.5 Å². The van der Waals surface area contributed by atoms with Gasteiger partial charge in [-0.15, -0.1) is 0 Å². The Bertz CT molecular complexity index is 1130. The lowest BCUT2D eigenvalue weighted by molar-refractivity contribution is -0.116. The quantitative estimate of drug-likeness (QED) is 0.302. The summed E-state index contributed by atoms with van der Waals surface area (Å²) in [7, 11) is 1.71. The molecule has 0 radical (unpaired) electrons. The number of nitrogen functional groups attached to an aromatic ring is 1. The van der Waals surface area contributed by atoms with E-state index in [9.17, 15) is 4.79 Å². The van der Waals surface area contributed by atoms with Gasteiger partial charge in [-0.2, -0.15) is 5.26 Å². The lowest BCUT2D eigenvalue weighted by Crippen LogP contribution is -2.32. The predicted octanol–water partition coefficient (Wildman–Crippen LogP) is 4.04. The van der Waals surface area contributed by atoms with E-state index >= 15 is 0 Å². The first-order chi connectivity index (χ1) is 17.0. The molecule has 0 aliphatic heterocycles. The molecule has 0 bridgehead atoms. The van der Waals surface area contributed by atoms with Crippen molar-refractivity contribution in [3.8, 4) is 6.07 Å². The number of nitrogens with zero attached hydrogens (tertiary/aromatic N) is 4. The monoisotopic (exact) mass is 472 g/mol. The molecule has 0 fully saturated rings. The number of likely N-dealkylation sites (N-methyl/N-ethyl adjacent to an activating group) is 1. The van der Waals surface area contributed by atoms with Crippen LogP contribution in [-0.2, 0) is 16.1 Å². The molecule has 8 nitrogen and oxygen atoms in total. The molecular formula is C27H32N6O2. The van der Waals surface area contributed by atoms with Gasteiger partial charge in [0.15, 0.2) is 0 Å². The molecule has 0 aliphatic rings. The van der Waals surface area contributed by atoms with Crippen LogP contribution in [0.4, 0.5) is 22.9 Å². The number of benzene rings is 2. The van der Waals surface area contributed by atoms with Gasteiger partial charge in [-0.25, -0.2) is 4.98 Å². The summed E-state index contributed by atoms with van der Waals surface area (Å²) in [5.41, 5.74) is 9.92. The number of aromatic nitrogens is 1. The number of nitrogens with one attached hydrogen (secondary N) is 1. The second kappa shape index (κ2) is 13.0. The van der Waals surface area contributed by atoms with E-state index in [4.69, 9.17) is 15.7 Å². The number of nitrogens with two attached hydrogens (primary N) is 1. The van der Waals surface area contributed by atoms with Crippen molar-refractivity contribution in [1.82, 2.24) is 4.98 Å². The number of hydrogen-bond donors (Lipinski definition) is 2. The van der Waals surface area contributed by atoms with Gasteiger partial charge in [-0.3, -0.25) is 4.79 Å². The maximum absolute atomic E-state index is 12.7. The van der Waals surface area contributed by atoms with E-state index in [1.807, 2.05) is 43.3 Å². The second-order valence-corrected chi connectivity index (χ2v) is 8.05. The molecule has 0 spiro atoms. The van der Waals surface area contributed by atoms with Crippen LogP contribution in [0.3, 0.4) is 0 Å². The van der Waals surface area contributed by atoms with Crippen LogP contribution in [0.25, 0.3) is 0 Å². The molecule has 0 saturated carbocycles. The largest absolute Gasteiger partial charge is 0.397 e. The van der Waals surface area contributed by atoms with E-state index in [1.165, 1.54) is 0 Å². The van der Waals surface area contributed by atoms with E-state index < -0.39 is 0 Å². The molecule has 2 aromatic carbocycles. The topological polar surface area (TPSA) is 108 Å². The molecule has 1 amide bonds. The number of pyridine rings is 1. The highest BCUT2D eigenvalue weighted by Gasteiger charge is 2.15. The Labute approximate surface area is 206 Å². The normalized spacial score (nSPS) is 10.4. The first kappa shape index (κ1) is 25.5. The van der Waals surface area contributed by atoms with Crippen molar-refractivity contribution in [1.29, 1.82) is 5.26 Å². The van der Waals surface area contributed by atoms with E-state index in [1.54, 1.807) is 42.4 Å². The number of rotatable bonds is 12. The van der Waals surface area contributed by atoms with Crippen LogP contribution >= 0.6 is 0 Å². The minimum absolute atomic E-state index is 0.108. The second-order valence-electron chi connectivity index (χ2n) is 8.05. The van der Waals surface area contributed by atoms with Crippen LogP contribution in [0.1, 0.15) is 24.5 Å². The van der Waals surface area contributed by atoms with Crippen molar-refractivity contribution in [3.05, 3.63) is 78.0 Å². The van der Waals surface area contributed by atoms with Crippen LogP contribution < -0.4 is 20.9 Å². The summed E-state index contributed by atoms with van der Waals surface area (Å²) in [6.07, 6.45) is 2.68. The highest BCUT2D eigenvalue weighted by atomic mass is 16.5. The Kier molecular flexibility index (Phi) is 9.46. The summed E-state index contributed by atoms with van der Waals surface area (Å²) in [6, 6.07) is 20.7. The Morgan fingerprint density at radius 3 is 2.63 bits per heavy atom. The van der Waals surface area contributed by atoms with E-state index in [2.05, 4.69) is 21.3 Å². The standard InChI is InChI=1S/C27H32N6O2/c1-3-35-16-6-15-33(26-7-4-5-14-30-26)20-22-10-13-25(24(29)17-22)32(2)27(34)19-31-23-11-8-21(18-28)9-12-23/h4-5,7-14,17,31H,3,6,15-16,19-20,29H2,1-2H3. The van der Waals surface area contributed by atoms with E-state index in [0.717, 1.165) is 30.0 Å². The first-order valence-electron chi connectivity index (χ1n) is 11.6. The molecule has 0 atom stereocenters. The highest BCUT2D eigenvalue weighted by molar-refractivity contribution is 5.98. The van der Waals surface area contributed by atoms with E-state index in [0.29, 0.717) is 36.7 Å². The average Bonchev–Trinajstić information content (AvgIpc) is 2.89. The number of carbonyl (C=O) groups is 1. The molecule has 35 heavy (non-hydrogen) atoms. The SMILES string of the molecule is CCOCCCN(Cc1ccc(N(C)C(=O)CNc2ccc(C#N)cc2)c(N)c1)c1ccccn1. The van der Waals surface area contributed by atoms with Gasteiger partial charge in [0.25, 0.3) is 0 Å². The van der Waals surface area contributed by atoms with Gasteiger partial charge in [-0.1, -0.05) is 12.1 Å². The molecule has 1 aromatic heterocycles. The number of ether oxygens (including phenoxy) is 1. The number of hydrogen-bond acceptors (Lipinski definition) is 7. The maximum Gasteiger partial charge on any atom is 0.246 e. The molecular weight excluding hydrogens is 440 g/mol. The summed E-state index contributed by atoms with van der Waals surface area (Å²) >= 11 is 0. The van der Waals surface area contributed by atoms with Gasteiger partial charge in [0.05, 0.1) is 29.6 Å². The zero-order chi connectivity index (χ0) is 25.0. The van der Waals surface area contributed by atoms with Crippen molar-refractivity contribution < 1.29 is 9.53 Å². The van der Waals surface area contributed by atoms with Gasteiger partial charge < -0.3 is 25.6 Å². The van der Waals surface area contributed by atoms with Crippen LogP contribution in [0.15, 0.2) is 66.9 Å². The molecule has 3 N–H and O–H groups in total. The fourth-order valence-corrected chi connectivity index (χ4v) is 3.64. The molecule has 3 aromatic rings. The Morgan fingerprint density at radius 1 is 1.17 bits per heavy atom. The minimum Gasteiger partial charge on any atom is -0.397 e. The van der Waals surface area contributed by atoms with Crippen molar-refractivity contribution in [2.24, 2.45) is 0 Å². The molecule has 3 rings (SSSR count). The van der Waals surface area contributed by atoms with Crippen molar-refractivity contribution in [3.63, 3.8) is 0 Å². The van der Waals surface area contributed by atoms with Crippen molar-refractivity contribution >= 4 is 28.8 Å². The molecule has 0 unspecified atom stereocenters. The first-order valence-corrected chi connectivity index (χ1v) is 11.6. The summed E-state index contributed by atoms with van der Waals surface area (Å²) in [5.74, 6) is 0.771. The predicted molar refractivity (Wildman–Crippen MR) is 140 cm³/mol. The lowest BCUT2D eigenvalue weighted by Gasteiger charge is -2.25. The van der Waals surface area contributed by atoms with Crippen LogP contribution in [0.5, 0.6) is 0 Å². The van der Waals surface area contributed by atoms with Crippen LogP contribution in [-0.4, -0.2) is 44.2 Å². The number of amides is 1. The number of carbonyl (C=O) groups excluding carboxylic acids is 1. The van der Waals surface area contributed by atoms with Gasteiger partial charge in [0, 0.05) is 45.2 Å². The molecule has 0 saturated heterocycles. The smallest absolute Gasteiger partial charge is 0.246 e.